The second kappa shape index (κ2) is 3.69. The van der Waals surface area contributed by atoms with Gasteiger partial charge in [-0.05, 0) is 18.6 Å². The van der Waals surface area contributed by atoms with Crippen LogP contribution in [-0.4, -0.2) is 11.8 Å². The van der Waals surface area contributed by atoms with Crippen molar-refractivity contribution >= 4 is 17.9 Å². The van der Waals surface area contributed by atoms with Crippen LogP contribution in [0.3, 0.4) is 0 Å². The first kappa shape index (κ1) is 9.65. The molecule has 2 rings (SSSR count). The van der Waals surface area contributed by atoms with Gasteiger partial charge in [-0.2, -0.15) is 0 Å². The summed E-state index contributed by atoms with van der Waals surface area (Å²) in [5.41, 5.74) is 2.65. The highest BCUT2D eigenvalue weighted by atomic mass is 16.2. The highest BCUT2D eigenvalue weighted by Gasteiger charge is 2.23. The SMILES string of the molecule is Cc1ccc(/C=C2/CC(=O)NC2=O)cc1. The van der Waals surface area contributed by atoms with Gasteiger partial charge < -0.3 is 0 Å². The van der Waals surface area contributed by atoms with E-state index in [0.29, 0.717) is 5.57 Å². The molecular weight excluding hydrogens is 190 g/mol. The second-order valence-corrected chi connectivity index (χ2v) is 3.63. The summed E-state index contributed by atoms with van der Waals surface area (Å²) in [6.07, 6.45) is 1.94. The minimum absolute atomic E-state index is 0.187. The summed E-state index contributed by atoms with van der Waals surface area (Å²) in [6.45, 7) is 2.00. The Labute approximate surface area is 87.8 Å². The lowest BCUT2D eigenvalue weighted by atomic mass is 10.1. The molecule has 0 radical (unpaired) electrons. The van der Waals surface area contributed by atoms with Crippen molar-refractivity contribution in [3.8, 4) is 0 Å². The van der Waals surface area contributed by atoms with Crippen LogP contribution in [0.2, 0.25) is 0 Å². The fraction of sp³-hybridized carbons (Fsp3) is 0.167. The summed E-state index contributed by atoms with van der Waals surface area (Å²) in [7, 11) is 0. The van der Waals surface area contributed by atoms with Gasteiger partial charge in [0.1, 0.15) is 0 Å². The third kappa shape index (κ3) is 2.13. The van der Waals surface area contributed by atoms with Crippen molar-refractivity contribution < 1.29 is 9.59 Å². The molecule has 0 unspecified atom stereocenters. The first-order valence-electron chi connectivity index (χ1n) is 4.76. The van der Waals surface area contributed by atoms with Crippen molar-refractivity contribution in [2.75, 3.05) is 0 Å². The lowest BCUT2D eigenvalue weighted by molar-refractivity contribution is -0.124. The molecule has 76 valence electrons. The first-order valence-corrected chi connectivity index (χ1v) is 4.76. The van der Waals surface area contributed by atoms with E-state index >= 15 is 0 Å². The minimum atomic E-state index is -0.277. The van der Waals surface area contributed by atoms with E-state index < -0.39 is 0 Å². The fourth-order valence-corrected chi connectivity index (χ4v) is 1.48. The summed E-state index contributed by atoms with van der Waals surface area (Å²) >= 11 is 0. The number of rotatable bonds is 1. The van der Waals surface area contributed by atoms with Crippen LogP contribution in [0.1, 0.15) is 17.5 Å². The molecule has 3 nitrogen and oxygen atoms in total. The van der Waals surface area contributed by atoms with E-state index in [0.717, 1.165) is 5.56 Å². The number of hydrogen-bond acceptors (Lipinski definition) is 2. The van der Waals surface area contributed by atoms with E-state index in [4.69, 9.17) is 0 Å². The van der Waals surface area contributed by atoms with Gasteiger partial charge in [0, 0.05) is 5.57 Å². The van der Waals surface area contributed by atoms with Crippen molar-refractivity contribution in [2.45, 2.75) is 13.3 Å². The first-order chi connectivity index (χ1) is 7.15. The number of nitrogens with one attached hydrogen (secondary N) is 1. The van der Waals surface area contributed by atoms with E-state index in [-0.39, 0.29) is 18.2 Å². The average Bonchev–Trinajstić information content (AvgIpc) is 2.49. The van der Waals surface area contributed by atoms with Gasteiger partial charge in [0.15, 0.2) is 0 Å². The van der Waals surface area contributed by atoms with Crippen LogP contribution in [0.5, 0.6) is 0 Å². The van der Waals surface area contributed by atoms with Gasteiger partial charge in [-0.1, -0.05) is 29.8 Å². The van der Waals surface area contributed by atoms with E-state index in [1.54, 1.807) is 6.08 Å². The molecule has 0 atom stereocenters. The summed E-state index contributed by atoms with van der Waals surface area (Å²) < 4.78 is 0. The molecule has 1 N–H and O–H groups in total. The molecule has 2 amide bonds. The Bertz CT molecular complexity index is 443. The van der Waals surface area contributed by atoms with E-state index in [2.05, 4.69) is 5.32 Å². The number of hydrogen-bond donors (Lipinski definition) is 1. The number of carbonyl (C=O) groups is 2. The molecule has 1 fully saturated rings. The zero-order chi connectivity index (χ0) is 10.8. The van der Waals surface area contributed by atoms with Gasteiger partial charge in [-0.25, -0.2) is 0 Å². The Morgan fingerprint density at radius 2 is 1.87 bits per heavy atom. The molecule has 1 saturated heterocycles. The number of amides is 2. The molecule has 1 heterocycles. The van der Waals surface area contributed by atoms with Crippen molar-refractivity contribution in [1.82, 2.24) is 5.32 Å². The molecule has 1 aromatic carbocycles. The Morgan fingerprint density at radius 3 is 2.40 bits per heavy atom. The van der Waals surface area contributed by atoms with Crippen LogP contribution in [0, 0.1) is 6.92 Å². The highest BCUT2D eigenvalue weighted by molar-refractivity contribution is 6.15. The zero-order valence-corrected chi connectivity index (χ0v) is 8.41. The summed E-state index contributed by atoms with van der Waals surface area (Å²) in [6, 6.07) is 7.80. The van der Waals surface area contributed by atoms with Gasteiger partial charge in [0.2, 0.25) is 5.91 Å². The molecule has 0 saturated carbocycles. The van der Waals surface area contributed by atoms with Gasteiger partial charge in [0.05, 0.1) is 6.42 Å². The Kier molecular flexibility index (Phi) is 2.37. The summed E-state index contributed by atoms with van der Waals surface area (Å²) in [5.74, 6) is -0.501. The van der Waals surface area contributed by atoms with Crippen LogP contribution < -0.4 is 5.32 Å². The van der Waals surface area contributed by atoms with Crippen LogP contribution in [0.4, 0.5) is 0 Å². The Hall–Kier alpha value is -1.90. The summed E-state index contributed by atoms with van der Waals surface area (Å²) in [4.78, 5) is 22.2. The minimum Gasteiger partial charge on any atom is -0.292 e. The number of aryl methyl sites for hydroxylation is 1. The second-order valence-electron chi connectivity index (χ2n) is 3.63. The topological polar surface area (TPSA) is 46.2 Å². The van der Waals surface area contributed by atoms with Gasteiger partial charge in [-0.15, -0.1) is 0 Å². The molecule has 0 bridgehead atoms. The standard InChI is InChI=1S/C12H11NO2/c1-8-2-4-9(5-3-8)6-10-7-11(14)13-12(10)15/h2-6H,7H2,1H3,(H,13,14,15)/b10-6-. The quantitative estimate of drug-likeness (QED) is 0.551. The van der Waals surface area contributed by atoms with Gasteiger partial charge >= 0.3 is 0 Å². The van der Waals surface area contributed by atoms with Crippen molar-refractivity contribution in [1.29, 1.82) is 0 Å². The Balaban J connectivity index is 2.27. The van der Waals surface area contributed by atoms with Crippen molar-refractivity contribution in [3.63, 3.8) is 0 Å². The maximum absolute atomic E-state index is 11.3. The molecule has 15 heavy (non-hydrogen) atoms. The third-order valence-corrected chi connectivity index (χ3v) is 2.31. The molecule has 0 spiro atoms. The normalized spacial score (nSPS) is 18.3. The number of benzene rings is 1. The van der Waals surface area contributed by atoms with Crippen molar-refractivity contribution in [3.05, 3.63) is 41.0 Å². The van der Waals surface area contributed by atoms with Crippen LogP contribution in [-0.2, 0) is 9.59 Å². The number of carbonyl (C=O) groups excluding carboxylic acids is 2. The molecule has 0 aliphatic carbocycles. The maximum atomic E-state index is 11.3. The largest absolute Gasteiger partial charge is 0.292 e. The van der Waals surface area contributed by atoms with E-state index in [1.165, 1.54) is 5.56 Å². The zero-order valence-electron chi connectivity index (χ0n) is 8.41. The summed E-state index contributed by atoms with van der Waals surface area (Å²) in [5, 5.41) is 2.25. The van der Waals surface area contributed by atoms with Crippen LogP contribution in [0.25, 0.3) is 6.08 Å². The smallest absolute Gasteiger partial charge is 0.254 e. The average molecular weight is 201 g/mol. The van der Waals surface area contributed by atoms with Gasteiger partial charge in [-0.3, -0.25) is 14.9 Å². The predicted molar refractivity (Wildman–Crippen MR) is 56.9 cm³/mol. The molecule has 1 aromatic rings. The molecular formula is C12H11NO2. The third-order valence-electron chi connectivity index (χ3n) is 2.31. The number of imide groups is 1. The van der Waals surface area contributed by atoms with E-state index in [1.807, 2.05) is 31.2 Å². The molecule has 0 aromatic heterocycles. The lowest BCUT2D eigenvalue weighted by Gasteiger charge is -1.96. The van der Waals surface area contributed by atoms with Crippen LogP contribution >= 0.6 is 0 Å². The lowest BCUT2D eigenvalue weighted by Crippen LogP contribution is -2.19. The van der Waals surface area contributed by atoms with E-state index in [9.17, 15) is 9.59 Å². The molecule has 3 heteroatoms. The van der Waals surface area contributed by atoms with Crippen LogP contribution in [0.15, 0.2) is 29.8 Å². The Morgan fingerprint density at radius 1 is 1.20 bits per heavy atom. The molecule has 1 aliphatic rings. The predicted octanol–water partition coefficient (Wildman–Crippen LogP) is 1.42. The molecule has 1 aliphatic heterocycles. The monoisotopic (exact) mass is 201 g/mol. The maximum Gasteiger partial charge on any atom is 0.254 e. The van der Waals surface area contributed by atoms with Gasteiger partial charge in [0.25, 0.3) is 5.91 Å². The fourth-order valence-electron chi connectivity index (χ4n) is 1.48. The highest BCUT2D eigenvalue weighted by Crippen LogP contribution is 2.14. The van der Waals surface area contributed by atoms with Crippen molar-refractivity contribution in [2.24, 2.45) is 0 Å².